The van der Waals surface area contributed by atoms with Gasteiger partial charge >= 0.3 is 5.97 Å². The normalized spacial score (nSPS) is 12.5. The number of nitrogens with two attached hydrogens (primary N) is 2. The van der Waals surface area contributed by atoms with Crippen LogP contribution in [0, 0.1) is 0 Å². The zero-order chi connectivity index (χ0) is 18.8. The van der Waals surface area contributed by atoms with Crippen LogP contribution in [0.5, 0.6) is 0 Å². The van der Waals surface area contributed by atoms with Crippen LogP contribution < -0.4 is 11.5 Å². The third-order valence-electron chi connectivity index (χ3n) is 3.49. The van der Waals surface area contributed by atoms with Crippen molar-refractivity contribution in [1.29, 1.82) is 0 Å². The minimum atomic E-state index is -1.18. The Balaban J connectivity index is 2.43. The molecule has 2 rings (SSSR count). The van der Waals surface area contributed by atoms with Crippen LogP contribution in [0.25, 0.3) is 0 Å². The van der Waals surface area contributed by atoms with E-state index < -0.39 is 17.6 Å². The minimum absolute atomic E-state index is 0.0831. The van der Waals surface area contributed by atoms with E-state index >= 15 is 0 Å². The second kappa shape index (κ2) is 7.25. The first-order valence-corrected chi connectivity index (χ1v) is 8.15. The second-order valence-electron chi connectivity index (χ2n) is 6.63. The van der Waals surface area contributed by atoms with E-state index in [9.17, 15) is 9.59 Å². The van der Waals surface area contributed by atoms with Gasteiger partial charge in [-0.3, -0.25) is 4.79 Å². The molecule has 0 bridgehead atoms. The summed E-state index contributed by atoms with van der Waals surface area (Å²) in [6.07, 6.45) is 0. The van der Waals surface area contributed by atoms with Gasteiger partial charge in [-0.2, -0.15) is 0 Å². The molecule has 0 saturated heterocycles. The van der Waals surface area contributed by atoms with E-state index in [1.54, 1.807) is 45.0 Å². The number of nitrogen functional groups attached to an aromatic ring is 1. The quantitative estimate of drug-likeness (QED) is 0.494. The molecule has 0 amide bonds. The molecule has 132 valence electrons. The van der Waals surface area contributed by atoms with Gasteiger partial charge in [0.1, 0.15) is 11.6 Å². The topological polar surface area (TPSA) is 95.4 Å². The number of hydrogen-bond acceptors (Lipinski definition) is 5. The van der Waals surface area contributed by atoms with E-state index in [4.69, 9.17) is 27.8 Å². The summed E-state index contributed by atoms with van der Waals surface area (Å²) >= 11 is 6.18. The van der Waals surface area contributed by atoms with E-state index in [1.165, 1.54) is 12.1 Å². The molecule has 0 saturated carbocycles. The number of ether oxygens (including phenoxy) is 1. The van der Waals surface area contributed by atoms with Crippen LogP contribution in [0.2, 0.25) is 5.02 Å². The molecule has 4 N–H and O–H groups in total. The molecule has 0 spiro atoms. The van der Waals surface area contributed by atoms with Crippen molar-refractivity contribution in [2.45, 2.75) is 32.4 Å². The molecular weight excluding hydrogens is 340 g/mol. The Kier molecular flexibility index (Phi) is 5.50. The molecule has 0 aliphatic rings. The summed E-state index contributed by atoms with van der Waals surface area (Å²) in [6.45, 7) is 5.20. The molecule has 0 aliphatic carbocycles. The van der Waals surface area contributed by atoms with Crippen molar-refractivity contribution in [3.05, 3.63) is 64.2 Å². The molecule has 0 aliphatic heterocycles. The highest BCUT2D eigenvalue weighted by atomic mass is 35.5. The van der Waals surface area contributed by atoms with Crippen LogP contribution in [0.1, 0.15) is 48.3 Å². The Morgan fingerprint density at radius 2 is 1.68 bits per heavy atom. The summed E-state index contributed by atoms with van der Waals surface area (Å²) in [7, 11) is 0. The van der Waals surface area contributed by atoms with Crippen LogP contribution in [-0.2, 0) is 9.53 Å². The number of esters is 1. The summed E-state index contributed by atoms with van der Waals surface area (Å²) in [4.78, 5) is 24.9. The number of halogens is 1. The van der Waals surface area contributed by atoms with Gasteiger partial charge in [-0.15, -0.1) is 0 Å². The summed E-state index contributed by atoms with van der Waals surface area (Å²) in [6, 6.07) is 10.5. The first-order valence-electron chi connectivity index (χ1n) is 7.78. The van der Waals surface area contributed by atoms with E-state index in [0.717, 1.165) is 0 Å². The maximum absolute atomic E-state index is 12.7. The Labute approximate surface area is 151 Å². The zero-order valence-corrected chi connectivity index (χ0v) is 15.1. The molecule has 1 atom stereocenters. The molecule has 0 heterocycles. The Bertz CT molecular complexity index is 798. The van der Waals surface area contributed by atoms with Gasteiger partial charge < -0.3 is 16.2 Å². The molecule has 5 nitrogen and oxygen atoms in total. The van der Waals surface area contributed by atoms with Crippen LogP contribution in [0.3, 0.4) is 0 Å². The molecule has 2 aromatic rings. The van der Waals surface area contributed by atoms with Crippen molar-refractivity contribution < 1.29 is 14.3 Å². The molecule has 0 aromatic heterocycles. The number of ketones is 1. The number of benzene rings is 2. The zero-order valence-electron chi connectivity index (χ0n) is 14.4. The van der Waals surface area contributed by atoms with E-state index in [-0.39, 0.29) is 27.6 Å². The highest BCUT2D eigenvalue weighted by Gasteiger charge is 2.28. The monoisotopic (exact) mass is 360 g/mol. The fourth-order valence-corrected chi connectivity index (χ4v) is 2.63. The van der Waals surface area contributed by atoms with Gasteiger partial charge in [0.15, 0.2) is 5.78 Å². The average molecular weight is 361 g/mol. The van der Waals surface area contributed by atoms with Crippen molar-refractivity contribution >= 4 is 29.0 Å². The highest BCUT2D eigenvalue weighted by molar-refractivity contribution is 6.32. The lowest BCUT2D eigenvalue weighted by Gasteiger charge is -2.23. The number of carbonyl (C=O) groups is 2. The second-order valence-corrected chi connectivity index (χ2v) is 7.04. The first-order chi connectivity index (χ1) is 11.6. The van der Waals surface area contributed by atoms with Crippen molar-refractivity contribution in [2.75, 3.05) is 5.73 Å². The molecule has 6 heteroatoms. The van der Waals surface area contributed by atoms with Crippen LogP contribution in [0.4, 0.5) is 5.69 Å². The Morgan fingerprint density at radius 3 is 2.24 bits per heavy atom. The lowest BCUT2D eigenvalue weighted by Crippen LogP contribution is -2.32. The summed E-state index contributed by atoms with van der Waals surface area (Å²) in [5.41, 5.74) is 12.4. The maximum atomic E-state index is 12.7. The fourth-order valence-electron chi connectivity index (χ4n) is 2.35. The molecule has 25 heavy (non-hydrogen) atoms. The van der Waals surface area contributed by atoms with Crippen LogP contribution in [0.15, 0.2) is 42.5 Å². The largest absolute Gasteiger partial charge is 0.459 e. The van der Waals surface area contributed by atoms with Crippen LogP contribution >= 0.6 is 11.6 Å². The predicted octanol–water partition coefficient (Wildman–Crippen LogP) is 3.49. The van der Waals surface area contributed by atoms with Gasteiger partial charge in [0.2, 0.25) is 0 Å². The maximum Gasteiger partial charge on any atom is 0.328 e. The molecule has 0 radical (unpaired) electrons. The standard InChI is InChI=1S/C19H21ClN2O3/c1-19(2,3)25-18(24)16(22)14-13(20)10-9-12(15(14)21)17(23)11-7-5-4-6-8-11/h4-10,16H,21-22H2,1-3H3. The van der Waals surface area contributed by atoms with Crippen molar-refractivity contribution in [2.24, 2.45) is 5.73 Å². The molecule has 1 unspecified atom stereocenters. The van der Waals surface area contributed by atoms with Crippen molar-refractivity contribution in [3.8, 4) is 0 Å². The number of hydrogen-bond donors (Lipinski definition) is 2. The molecular formula is C19H21ClN2O3. The number of rotatable bonds is 4. The van der Waals surface area contributed by atoms with Crippen molar-refractivity contribution in [3.63, 3.8) is 0 Å². The van der Waals surface area contributed by atoms with Gasteiger partial charge in [-0.05, 0) is 32.9 Å². The minimum Gasteiger partial charge on any atom is -0.459 e. The fraction of sp³-hybridized carbons (Fsp3) is 0.263. The SMILES string of the molecule is CC(C)(C)OC(=O)C(N)c1c(Cl)ccc(C(=O)c2ccccc2)c1N. The Hall–Kier alpha value is -2.37. The number of carbonyl (C=O) groups excluding carboxylic acids is 2. The third-order valence-corrected chi connectivity index (χ3v) is 3.82. The number of anilines is 1. The van der Waals surface area contributed by atoms with Crippen molar-refractivity contribution in [1.82, 2.24) is 0 Å². The van der Waals surface area contributed by atoms with E-state index in [2.05, 4.69) is 0 Å². The smallest absolute Gasteiger partial charge is 0.328 e. The average Bonchev–Trinajstić information content (AvgIpc) is 2.53. The first kappa shape index (κ1) is 19.0. The highest BCUT2D eigenvalue weighted by Crippen LogP contribution is 2.32. The third kappa shape index (κ3) is 4.38. The lowest BCUT2D eigenvalue weighted by molar-refractivity contribution is -0.156. The summed E-state index contributed by atoms with van der Waals surface area (Å²) in [5.74, 6) is -0.933. The van der Waals surface area contributed by atoms with Gasteiger partial charge in [0.25, 0.3) is 0 Å². The summed E-state index contributed by atoms with van der Waals surface area (Å²) < 4.78 is 5.29. The summed E-state index contributed by atoms with van der Waals surface area (Å²) in [5, 5.41) is 0.209. The molecule has 0 fully saturated rings. The van der Waals surface area contributed by atoms with Gasteiger partial charge in [-0.25, -0.2) is 4.79 Å². The van der Waals surface area contributed by atoms with E-state index in [1.807, 2.05) is 6.07 Å². The van der Waals surface area contributed by atoms with Gasteiger partial charge in [0, 0.05) is 27.4 Å². The van der Waals surface area contributed by atoms with E-state index in [0.29, 0.717) is 5.56 Å². The lowest BCUT2D eigenvalue weighted by atomic mass is 9.96. The van der Waals surface area contributed by atoms with Gasteiger partial charge in [0.05, 0.1) is 0 Å². The predicted molar refractivity (Wildman–Crippen MR) is 98.5 cm³/mol. The van der Waals surface area contributed by atoms with Gasteiger partial charge in [-0.1, -0.05) is 41.9 Å². The molecule has 2 aromatic carbocycles. The van der Waals surface area contributed by atoms with Crippen LogP contribution in [-0.4, -0.2) is 17.4 Å². The Morgan fingerprint density at radius 1 is 1.08 bits per heavy atom.